The second kappa shape index (κ2) is 7.89. The summed E-state index contributed by atoms with van der Waals surface area (Å²) in [6.07, 6.45) is 4.53. The lowest BCUT2D eigenvalue weighted by molar-refractivity contribution is -0.134. The van der Waals surface area contributed by atoms with Gasteiger partial charge in [0, 0.05) is 31.1 Å². The van der Waals surface area contributed by atoms with Crippen molar-refractivity contribution in [1.82, 2.24) is 4.90 Å². The SMILES string of the molecule is CCC1CCCCN1C(=O)CCN1C(=O)COc2ccc(C(C)=O)cc21. The average molecular weight is 358 g/mol. The standard InChI is InChI=1S/C20H26N2O4/c1-3-16-6-4-5-10-21(16)19(24)9-11-22-17-12-15(14(2)23)7-8-18(17)26-13-20(22)25/h7-8,12,16H,3-6,9-11,13H2,1-2H3. The number of anilines is 1. The molecule has 2 aliphatic rings. The summed E-state index contributed by atoms with van der Waals surface area (Å²) in [5.41, 5.74) is 1.10. The number of piperidine rings is 1. The molecule has 140 valence electrons. The number of nitrogens with zero attached hydrogens (tertiary/aromatic N) is 2. The quantitative estimate of drug-likeness (QED) is 0.759. The molecule has 0 saturated carbocycles. The van der Waals surface area contributed by atoms with Crippen LogP contribution in [0.25, 0.3) is 0 Å². The van der Waals surface area contributed by atoms with Gasteiger partial charge in [0.1, 0.15) is 5.75 Å². The Kier molecular flexibility index (Phi) is 5.59. The summed E-state index contributed by atoms with van der Waals surface area (Å²) in [5, 5.41) is 0. The van der Waals surface area contributed by atoms with Crippen LogP contribution in [0, 0.1) is 0 Å². The lowest BCUT2D eigenvalue weighted by atomic mass is 9.99. The van der Waals surface area contributed by atoms with E-state index in [2.05, 4.69) is 6.92 Å². The smallest absolute Gasteiger partial charge is 0.265 e. The zero-order valence-electron chi connectivity index (χ0n) is 15.5. The Balaban J connectivity index is 1.73. The van der Waals surface area contributed by atoms with Gasteiger partial charge in [-0.2, -0.15) is 0 Å². The van der Waals surface area contributed by atoms with Crippen molar-refractivity contribution < 1.29 is 19.1 Å². The maximum atomic E-state index is 12.7. The first-order chi connectivity index (χ1) is 12.5. The highest BCUT2D eigenvalue weighted by molar-refractivity contribution is 6.01. The number of likely N-dealkylation sites (tertiary alicyclic amines) is 1. The summed E-state index contributed by atoms with van der Waals surface area (Å²) >= 11 is 0. The topological polar surface area (TPSA) is 66.9 Å². The maximum absolute atomic E-state index is 12.7. The molecule has 0 N–H and O–H groups in total. The number of fused-ring (bicyclic) bond motifs is 1. The van der Waals surface area contributed by atoms with Crippen molar-refractivity contribution in [3.8, 4) is 5.75 Å². The number of ether oxygens (including phenoxy) is 1. The molecular formula is C20H26N2O4. The maximum Gasteiger partial charge on any atom is 0.265 e. The Labute approximate surface area is 154 Å². The molecule has 0 aliphatic carbocycles. The normalized spacial score (nSPS) is 19.8. The molecule has 1 unspecified atom stereocenters. The van der Waals surface area contributed by atoms with Crippen LogP contribution in [-0.2, 0) is 9.59 Å². The van der Waals surface area contributed by atoms with E-state index in [0.717, 1.165) is 25.8 Å². The lowest BCUT2D eigenvalue weighted by Gasteiger charge is -2.36. The molecule has 0 bridgehead atoms. The van der Waals surface area contributed by atoms with Gasteiger partial charge in [-0.15, -0.1) is 0 Å². The Morgan fingerprint density at radius 2 is 2.08 bits per heavy atom. The molecule has 6 heteroatoms. The van der Waals surface area contributed by atoms with Crippen LogP contribution < -0.4 is 9.64 Å². The van der Waals surface area contributed by atoms with E-state index in [1.54, 1.807) is 23.1 Å². The highest BCUT2D eigenvalue weighted by Crippen LogP contribution is 2.33. The zero-order valence-corrected chi connectivity index (χ0v) is 15.5. The molecule has 0 radical (unpaired) electrons. The molecule has 2 amide bonds. The van der Waals surface area contributed by atoms with Crippen molar-refractivity contribution >= 4 is 23.3 Å². The largest absolute Gasteiger partial charge is 0.482 e. The van der Waals surface area contributed by atoms with Crippen LogP contribution in [0.15, 0.2) is 18.2 Å². The van der Waals surface area contributed by atoms with Crippen molar-refractivity contribution in [3.63, 3.8) is 0 Å². The van der Waals surface area contributed by atoms with Crippen LogP contribution in [0.1, 0.15) is 56.3 Å². The summed E-state index contributed by atoms with van der Waals surface area (Å²) in [6, 6.07) is 5.40. The van der Waals surface area contributed by atoms with Crippen molar-refractivity contribution in [3.05, 3.63) is 23.8 Å². The van der Waals surface area contributed by atoms with Crippen LogP contribution in [0.2, 0.25) is 0 Å². The molecule has 3 rings (SSSR count). The van der Waals surface area contributed by atoms with E-state index in [9.17, 15) is 14.4 Å². The Hall–Kier alpha value is -2.37. The summed E-state index contributed by atoms with van der Waals surface area (Å²) < 4.78 is 5.46. The van der Waals surface area contributed by atoms with Crippen molar-refractivity contribution in [2.45, 2.75) is 52.0 Å². The van der Waals surface area contributed by atoms with E-state index >= 15 is 0 Å². The number of carbonyl (C=O) groups excluding carboxylic acids is 3. The fourth-order valence-electron chi connectivity index (χ4n) is 3.77. The minimum atomic E-state index is -0.184. The van der Waals surface area contributed by atoms with Gasteiger partial charge in [0.05, 0.1) is 5.69 Å². The Morgan fingerprint density at radius 3 is 2.81 bits per heavy atom. The summed E-state index contributed by atoms with van der Waals surface area (Å²) in [4.78, 5) is 40.3. The predicted molar refractivity (Wildman–Crippen MR) is 98.6 cm³/mol. The minimum Gasteiger partial charge on any atom is -0.482 e. The number of amides is 2. The van der Waals surface area contributed by atoms with Gasteiger partial charge in [0.2, 0.25) is 5.91 Å². The zero-order chi connectivity index (χ0) is 18.7. The summed E-state index contributed by atoms with van der Waals surface area (Å²) in [6.45, 7) is 4.67. The van der Waals surface area contributed by atoms with E-state index in [1.165, 1.54) is 13.3 Å². The molecule has 0 aromatic heterocycles. The van der Waals surface area contributed by atoms with Crippen LogP contribution in [-0.4, -0.2) is 48.2 Å². The van der Waals surface area contributed by atoms with Gasteiger partial charge in [0.25, 0.3) is 5.91 Å². The summed E-state index contributed by atoms with van der Waals surface area (Å²) in [7, 11) is 0. The van der Waals surface area contributed by atoms with Gasteiger partial charge in [-0.05, 0) is 50.8 Å². The van der Waals surface area contributed by atoms with Crippen LogP contribution in [0.3, 0.4) is 0 Å². The van der Waals surface area contributed by atoms with E-state index in [0.29, 0.717) is 29.6 Å². The third-order valence-electron chi connectivity index (χ3n) is 5.28. The first-order valence-electron chi connectivity index (χ1n) is 9.39. The third-order valence-corrected chi connectivity index (χ3v) is 5.28. The van der Waals surface area contributed by atoms with Crippen LogP contribution in [0.5, 0.6) is 5.75 Å². The molecule has 1 saturated heterocycles. The second-order valence-corrected chi connectivity index (χ2v) is 6.97. The number of carbonyl (C=O) groups is 3. The number of hydrogen-bond acceptors (Lipinski definition) is 4. The number of Topliss-reactive ketones (excluding diaryl/α,β-unsaturated/α-hetero) is 1. The van der Waals surface area contributed by atoms with Crippen molar-refractivity contribution in [2.75, 3.05) is 24.6 Å². The summed E-state index contributed by atoms with van der Waals surface area (Å²) in [5.74, 6) is 0.421. The van der Waals surface area contributed by atoms with Crippen molar-refractivity contribution in [2.24, 2.45) is 0 Å². The first kappa shape index (κ1) is 18.4. The van der Waals surface area contributed by atoms with Crippen molar-refractivity contribution in [1.29, 1.82) is 0 Å². The van der Waals surface area contributed by atoms with Gasteiger partial charge >= 0.3 is 0 Å². The van der Waals surface area contributed by atoms with Crippen LogP contribution in [0.4, 0.5) is 5.69 Å². The minimum absolute atomic E-state index is 0.0398. The Morgan fingerprint density at radius 1 is 1.27 bits per heavy atom. The number of ketones is 1. The Bertz CT molecular complexity index is 716. The van der Waals surface area contributed by atoms with Gasteiger partial charge in [-0.25, -0.2) is 0 Å². The predicted octanol–water partition coefficient (Wildman–Crippen LogP) is 2.80. The number of rotatable bonds is 5. The van der Waals surface area contributed by atoms with E-state index in [-0.39, 0.29) is 30.6 Å². The van der Waals surface area contributed by atoms with Gasteiger partial charge < -0.3 is 14.5 Å². The molecule has 1 atom stereocenters. The molecule has 0 spiro atoms. The average Bonchev–Trinajstić information content (AvgIpc) is 2.66. The lowest BCUT2D eigenvalue weighted by Crippen LogP contribution is -2.46. The fourth-order valence-corrected chi connectivity index (χ4v) is 3.77. The van der Waals surface area contributed by atoms with Gasteiger partial charge in [-0.1, -0.05) is 6.92 Å². The molecule has 2 aliphatic heterocycles. The van der Waals surface area contributed by atoms with Gasteiger partial charge in [-0.3, -0.25) is 14.4 Å². The highest BCUT2D eigenvalue weighted by atomic mass is 16.5. The van der Waals surface area contributed by atoms with E-state index in [4.69, 9.17) is 4.74 Å². The number of benzene rings is 1. The highest BCUT2D eigenvalue weighted by Gasteiger charge is 2.29. The fraction of sp³-hybridized carbons (Fsp3) is 0.550. The first-order valence-corrected chi connectivity index (χ1v) is 9.39. The molecular weight excluding hydrogens is 332 g/mol. The molecule has 6 nitrogen and oxygen atoms in total. The number of hydrogen-bond donors (Lipinski definition) is 0. The van der Waals surface area contributed by atoms with E-state index in [1.807, 2.05) is 4.90 Å². The monoisotopic (exact) mass is 358 g/mol. The van der Waals surface area contributed by atoms with E-state index < -0.39 is 0 Å². The third kappa shape index (κ3) is 3.74. The molecule has 1 aromatic carbocycles. The van der Waals surface area contributed by atoms with Gasteiger partial charge in [0.15, 0.2) is 12.4 Å². The molecule has 1 fully saturated rings. The van der Waals surface area contributed by atoms with Crippen LogP contribution >= 0.6 is 0 Å². The molecule has 2 heterocycles. The molecule has 26 heavy (non-hydrogen) atoms. The second-order valence-electron chi connectivity index (χ2n) is 6.97. The molecule has 1 aromatic rings.